The molecule has 2 unspecified atom stereocenters. The maximum Gasteiger partial charge on any atom is 0.00664 e. The molecular formula is C14H35N. The van der Waals surface area contributed by atoms with Crippen LogP contribution in [0.2, 0.25) is 0 Å². The number of likely N-dealkylation sites (tertiary alicyclic amines) is 1. The molecule has 1 aliphatic rings. The second kappa shape index (κ2) is 16.4. The second-order valence-corrected chi connectivity index (χ2v) is 3.46. The van der Waals surface area contributed by atoms with Crippen LogP contribution in [0, 0.1) is 5.92 Å². The standard InChI is InChI=1S/C8H17N.3C2H6/c1-7-4-5-9(3)8(2)6-7;3*1-2/h7-8H,4-6H2,1-3H3;3*1-2H3. The molecule has 1 nitrogen and oxygen atoms in total. The first kappa shape index (κ1) is 20.4. The second-order valence-electron chi connectivity index (χ2n) is 3.46. The van der Waals surface area contributed by atoms with Crippen molar-refractivity contribution in [3.8, 4) is 0 Å². The summed E-state index contributed by atoms with van der Waals surface area (Å²) in [6.45, 7) is 18.0. The van der Waals surface area contributed by atoms with Crippen LogP contribution in [0.25, 0.3) is 0 Å². The van der Waals surface area contributed by atoms with Gasteiger partial charge in [0.2, 0.25) is 0 Å². The van der Waals surface area contributed by atoms with Crippen molar-refractivity contribution in [3.63, 3.8) is 0 Å². The van der Waals surface area contributed by atoms with Crippen molar-refractivity contribution in [3.05, 3.63) is 0 Å². The van der Waals surface area contributed by atoms with Crippen molar-refractivity contribution in [2.24, 2.45) is 5.92 Å². The molecule has 0 N–H and O–H groups in total. The fraction of sp³-hybridized carbons (Fsp3) is 1.00. The van der Waals surface area contributed by atoms with Gasteiger partial charge in [0.05, 0.1) is 0 Å². The molecule has 1 heteroatoms. The van der Waals surface area contributed by atoms with E-state index in [4.69, 9.17) is 0 Å². The van der Waals surface area contributed by atoms with Crippen LogP contribution in [0.5, 0.6) is 0 Å². The molecule has 1 saturated heterocycles. The normalized spacial score (nSPS) is 24.6. The topological polar surface area (TPSA) is 3.24 Å². The third-order valence-corrected chi connectivity index (χ3v) is 2.47. The summed E-state index contributed by atoms with van der Waals surface area (Å²) in [6, 6.07) is 0.814. The predicted octanol–water partition coefficient (Wildman–Crippen LogP) is 4.82. The summed E-state index contributed by atoms with van der Waals surface area (Å²) in [7, 11) is 2.22. The van der Waals surface area contributed by atoms with Crippen LogP contribution in [0.1, 0.15) is 68.2 Å². The van der Waals surface area contributed by atoms with Gasteiger partial charge in [-0.1, -0.05) is 48.5 Å². The zero-order valence-electron chi connectivity index (χ0n) is 12.7. The van der Waals surface area contributed by atoms with Gasteiger partial charge in [-0.05, 0) is 39.3 Å². The van der Waals surface area contributed by atoms with Gasteiger partial charge in [0.1, 0.15) is 0 Å². The van der Waals surface area contributed by atoms with Crippen LogP contribution < -0.4 is 0 Å². The molecule has 0 amide bonds. The first-order valence-electron chi connectivity index (χ1n) is 6.90. The Morgan fingerprint density at radius 2 is 1.27 bits per heavy atom. The Morgan fingerprint density at radius 3 is 1.53 bits per heavy atom. The quantitative estimate of drug-likeness (QED) is 0.562. The van der Waals surface area contributed by atoms with E-state index in [0.29, 0.717) is 0 Å². The first-order valence-corrected chi connectivity index (χ1v) is 6.90. The summed E-state index contributed by atoms with van der Waals surface area (Å²) in [5.74, 6) is 0.955. The van der Waals surface area contributed by atoms with Crippen molar-refractivity contribution in [1.82, 2.24) is 4.90 Å². The Kier molecular flexibility index (Phi) is 22.3. The summed E-state index contributed by atoms with van der Waals surface area (Å²) in [6.07, 6.45) is 2.78. The molecule has 0 aromatic heterocycles. The molecule has 96 valence electrons. The van der Waals surface area contributed by atoms with Gasteiger partial charge in [0, 0.05) is 6.04 Å². The van der Waals surface area contributed by atoms with Gasteiger partial charge >= 0.3 is 0 Å². The fourth-order valence-corrected chi connectivity index (χ4v) is 1.52. The van der Waals surface area contributed by atoms with Crippen LogP contribution in [0.4, 0.5) is 0 Å². The van der Waals surface area contributed by atoms with Gasteiger partial charge in [-0.3, -0.25) is 0 Å². The average molecular weight is 217 g/mol. The van der Waals surface area contributed by atoms with Crippen molar-refractivity contribution in [2.75, 3.05) is 13.6 Å². The maximum atomic E-state index is 2.44. The van der Waals surface area contributed by atoms with E-state index in [0.717, 1.165) is 12.0 Å². The summed E-state index contributed by atoms with van der Waals surface area (Å²) in [5.41, 5.74) is 0. The molecule has 0 radical (unpaired) electrons. The fourth-order valence-electron chi connectivity index (χ4n) is 1.52. The third kappa shape index (κ3) is 11.9. The summed E-state index contributed by atoms with van der Waals surface area (Å²) >= 11 is 0. The van der Waals surface area contributed by atoms with Crippen LogP contribution in [0.15, 0.2) is 0 Å². The smallest absolute Gasteiger partial charge is 0.00664 e. The Bertz CT molecular complexity index is 91.3. The lowest BCUT2D eigenvalue weighted by Crippen LogP contribution is -2.36. The Morgan fingerprint density at radius 1 is 0.867 bits per heavy atom. The molecule has 0 aliphatic carbocycles. The molecule has 1 aliphatic heterocycles. The lowest BCUT2D eigenvalue weighted by molar-refractivity contribution is 0.162. The van der Waals surface area contributed by atoms with Gasteiger partial charge in [-0.15, -0.1) is 0 Å². The van der Waals surface area contributed by atoms with E-state index in [2.05, 4.69) is 25.8 Å². The van der Waals surface area contributed by atoms with Gasteiger partial charge < -0.3 is 4.90 Å². The number of hydrogen-bond donors (Lipinski definition) is 0. The average Bonchev–Trinajstić information content (AvgIpc) is 2.32. The Balaban J connectivity index is -0.000000208. The molecule has 0 bridgehead atoms. The van der Waals surface area contributed by atoms with Crippen molar-refractivity contribution >= 4 is 0 Å². The van der Waals surface area contributed by atoms with E-state index >= 15 is 0 Å². The molecule has 2 atom stereocenters. The number of hydrogen-bond acceptors (Lipinski definition) is 1. The van der Waals surface area contributed by atoms with Crippen LogP contribution >= 0.6 is 0 Å². The van der Waals surface area contributed by atoms with Crippen LogP contribution in [-0.4, -0.2) is 24.5 Å². The summed E-state index contributed by atoms with van der Waals surface area (Å²) < 4.78 is 0. The van der Waals surface area contributed by atoms with Crippen molar-refractivity contribution in [2.45, 2.75) is 74.3 Å². The van der Waals surface area contributed by atoms with Gasteiger partial charge in [0.15, 0.2) is 0 Å². The zero-order valence-corrected chi connectivity index (χ0v) is 12.7. The number of rotatable bonds is 0. The molecule has 1 rings (SSSR count). The summed E-state index contributed by atoms with van der Waals surface area (Å²) in [5, 5.41) is 0. The maximum absolute atomic E-state index is 2.44. The SMILES string of the molecule is CC.CC.CC.CC1CCN(C)C(C)C1. The van der Waals surface area contributed by atoms with Crippen molar-refractivity contribution < 1.29 is 0 Å². The minimum absolute atomic E-state index is 0.814. The zero-order chi connectivity index (χ0) is 12.9. The molecule has 1 heterocycles. The molecule has 1 fully saturated rings. The van der Waals surface area contributed by atoms with E-state index in [1.165, 1.54) is 19.4 Å². The van der Waals surface area contributed by atoms with E-state index in [1.54, 1.807) is 0 Å². The molecule has 15 heavy (non-hydrogen) atoms. The number of nitrogens with zero attached hydrogens (tertiary/aromatic N) is 1. The highest BCUT2D eigenvalue weighted by atomic mass is 15.1. The lowest BCUT2D eigenvalue weighted by Gasteiger charge is -2.33. The Labute approximate surface area is 99.3 Å². The highest BCUT2D eigenvalue weighted by Crippen LogP contribution is 2.19. The van der Waals surface area contributed by atoms with E-state index in [-0.39, 0.29) is 0 Å². The first-order chi connectivity index (χ1) is 7.20. The minimum atomic E-state index is 0.814. The highest BCUT2D eigenvalue weighted by molar-refractivity contribution is 4.73. The van der Waals surface area contributed by atoms with E-state index in [9.17, 15) is 0 Å². The summed E-state index contributed by atoms with van der Waals surface area (Å²) in [4.78, 5) is 2.44. The molecule has 0 spiro atoms. The minimum Gasteiger partial charge on any atom is -0.304 e. The molecular weight excluding hydrogens is 182 g/mol. The van der Waals surface area contributed by atoms with E-state index in [1.807, 2.05) is 41.5 Å². The van der Waals surface area contributed by atoms with Crippen molar-refractivity contribution in [1.29, 1.82) is 0 Å². The van der Waals surface area contributed by atoms with Gasteiger partial charge in [-0.25, -0.2) is 0 Å². The van der Waals surface area contributed by atoms with Gasteiger partial charge in [0.25, 0.3) is 0 Å². The van der Waals surface area contributed by atoms with Crippen LogP contribution in [0.3, 0.4) is 0 Å². The van der Waals surface area contributed by atoms with Gasteiger partial charge in [-0.2, -0.15) is 0 Å². The lowest BCUT2D eigenvalue weighted by atomic mass is 9.94. The third-order valence-electron chi connectivity index (χ3n) is 2.47. The highest BCUT2D eigenvalue weighted by Gasteiger charge is 2.18. The predicted molar refractivity (Wildman–Crippen MR) is 74.5 cm³/mol. The molecule has 0 saturated carbocycles. The largest absolute Gasteiger partial charge is 0.304 e. The Hall–Kier alpha value is -0.0400. The van der Waals surface area contributed by atoms with Crippen LogP contribution in [-0.2, 0) is 0 Å². The molecule has 0 aromatic rings. The monoisotopic (exact) mass is 217 g/mol. The molecule has 0 aromatic carbocycles. The van der Waals surface area contributed by atoms with E-state index < -0.39 is 0 Å². The number of piperidine rings is 1.